The van der Waals surface area contributed by atoms with Crippen molar-refractivity contribution in [2.24, 2.45) is 0 Å². The molecule has 0 bridgehead atoms. The fourth-order valence-electron chi connectivity index (χ4n) is 2.65. The summed E-state index contributed by atoms with van der Waals surface area (Å²) >= 11 is 5.90. The van der Waals surface area contributed by atoms with Crippen molar-refractivity contribution in [1.29, 1.82) is 0 Å². The van der Waals surface area contributed by atoms with Crippen molar-refractivity contribution in [2.45, 2.75) is 25.3 Å². The molecule has 0 amide bonds. The van der Waals surface area contributed by atoms with E-state index in [2.05, 4.69) is 19.5 Å². The van der Waals surface area contributed by atoms with Crippen LogP contribution in [0.15, 0.2) is 6.33 Å². The van der Waals surface area contributed by atoms with Gasteiger partial charge in [0, 0.05) is 18.9 Å². The Hall–Kier alpha value is -1.40. The van der Waals surface area contributed by atoms with E-state index in [0.717, 1.165) is 30.9 Å². The summed E-state index contributed by atoms with van der Waals surface area (Å²) in [5.41, 5.74) is 1.49. The summed E-state index contributed by atoms with van der Waals surface area (Å²) in [5.74, 6) is 1.94. The quantitative estimate of drug-likeness (QED) is 0.807. The number of nitrogens with zero attached hydrogens (tertiary/aromatic N) is 4. The maximum atomic E-state index is 5.90. The molecule has 6 nitrogen and oxygen atoms in total. The minimum atomic E-state index is 0.256. The maximum absolute atomic E-state index is 5.90. The van der Waals surface area contributed by atoms with Crippen molar-refractivity contribution >= 4 is 22.8 Å². The summed E-state index contributed by atoms with van der Waals surface area (Å²) in [6, 6.07) is 0.256. The average Bonchev–Trinajstić information content (AvgIpc) is 2.86. The molecule has 3 rings (SSSR count). The highest BCUT2D eigenvalue weighted by atomic mass is 35.5. The molecule has 1 unspecified atom stereocenters. The first-order chi connectivity index (χ1) is 9.85. The lowest BCUT2D eigenvalue weighted by Crippen LogP contribution is -2.23. The first-order valence-electron chi connectivity index (χ1n) is 6.74. The number of hydrogen-bond donors (Lipinski definition) is 0. The SMILES string of the molecule is COc1ncnc2c1nc(CCCl)n2C1CCCOC1. The second-order valence-corrected chi connectivity index (χ2v) is 5.14. The zero-order valence-electron chi connectivity index (χ0n) is 11.4. The van der Waals surface area contributed by atoms with E-state index in [1.807, 2.05) is 0 Å². The van der Waals surface area contributed by atoms with Crippen LogP contribution in [0, 0.1) is 0 Å². The molecule has 2 aromatic rings. The molecule has 7 heteroatoms. The molecule has 0 saturated carbocycles. The lowest BCUT2D eigenvalue weighted by molar-refractivity contribution is 0.0594. The van der Waals surface area contributed by atoms with Crippen LogP contribution in [0.4, 0.5) is 0 Å². The molecule has 1 fully saturated rings. The normalized spacial score (nSPS) is 19.4. The molecule has 0 radical (unpaired) electrons. The van der Waals surface area contributed by atoms with Crippen LogP contribution in [0.5, 0.6) is 5.88 Å². The molecular weight excluding hydrogens is 280 g/mol. The zero-order valence-corrected chi connectivity index (χ0v) is 12.1. The summed E-state index contributed by atoms with van der Waals surface area (Å²) in [4.78, 5) is 13.1. The van der Waals surface area contributed by atoms with E-state index in [0.29, 0.717) is 30.3 Å². The Kier molecular flexibility index (Phi) is 4.03. The van der Waals surface area contributed by atoms with Gasteiger partial charge >= 0.3 is 0 Å². The molecule has 0 aliphatic carbocycles. The van der Waals surface area contributed by atoms with Gasteiger partial charge in [-0.05, 0) is 12.8 Å². The van der Waals surface area contributed by atoms with E-state index in [-0.39, 0.29) is 6.04 Å². The zero-order chi connectivity index (χ0) is 13.9. The monoisotopic (exact) mass is 296 g/mol. The van der Waals surface area contributed by atoms with Gasteiger partial charge in [0.05, 0.1) is 19.8 Å². The van der Waals surface area contributed by atoms with Gasteiger partial charge in [-0.1, -0.05) is 0 Å². The molecule has 1 saturated heterocycles. The van der Waals surface area contributed by atoms with E-state index in [1.165, 1.54) is 6.33 Å². The number of aromatic nitrogens is 4. The Bertz CT molecular complexity index is 595. The van der Waals surface area contributed by atoms with Gasteiger partial charge in [-0.2, -0.15) is 4.98 Å². The van der Waals surface area contributed by atoms with Crippen LogP contribution in [-0.2, 0) is 11.2 Å². The Balaban J connectivity index is 2.13. The standard InChI is InChI=1S/C13H17ClN4O2/c1-19-13-11-12(15-8-16-13)18(10(17-11)4-5-14)9-3-2-6-20-7-9/h8-9H,2-7H2,1H3. The van der Waals surface area contributed by atoms with Gasteiger partial charge in [-0.25, -0.2) is 9.97 Å². The number of imidazole rings is 1. The van der Waals surface area contributed by atoms with Crippen molar-refractivity contribution < 1.29 is 9.47 Å². The summed E-state index contributed by atoms with van der Waals surface area (Å²) in [5, 5.41) is 0. The Morgan fingerprint density at radius 3 is 3.10 bits per heavy atom. The second-order valence-electron chi connectivity index (χ2n) is 4.76. The van der Waals surface area contributed by atoms with Gasteiger partial charge in [0.25, 0.3) is 0 Å². The number of rotatable bonds is 4. The molecule has 108 valence electrons. The van der Waals surface area contributed by atoms with Crippen LogP contribution in [-0.4, -0.2) is 45.7 Å². The summed E-state index contributed by atoms with van der Waals surface area (Å²) in [6.45, 7) is 1.51. The number of aryl methyl sites for hydroxylation is 1. The van der Waals surface area contributed by atoms with Crippen LogP contribution in [0.25, 0.3) is 11.2 Å². The Morgan fingerprint density at radius 1 is 1.50 bits per heavy atom. The molecule has 0 aromatic carbocycles. The van der Waals surface area contributed by atoms with Crippen LogP contribution in [0.3, 0.4) is 0 Å². The fourth-order valence-corrected chi connectivity index (χ4v) is 2.82. The third kappa shape index (κ3) is 2.33. The van der Waals surface area contributed by atoms with Gasteiger partial charge < -0.3 is 14.0 Å². The third-order valence-electron chi connectivity index (χ3n) is 3.53. The van der Waals surface area contributed by atoms with Crippen molar-refractivity contribution in [1.82, 2.24) is 19.5 Å². The smallest absolute Gasteiger partial charge is 0.245 e. The van der Waals surface area contributed by atoms with Crippen molar-refractivity contribution in [3.8, 4) is 5.88 Å². The Labute approximate surface area is 122 Å². The minimum Gasteiger partial charge on any atom is -0.479 e. The number of halogens is 1. The topological polar surface area (TPSA) is 62.1 Å². The van der Waals surface area contributed by atoms with Gasteiger partial charge in [0.1, 0.15) is 12.2 Å². The number of fused-ring (bicyclic) bond motifs is 1. The average molecular weight is 297 g/mol. The lowest BCUT2D eigenvalue weighted by Gasteiger charge is -2.25. The van der Waals surface area contributed by atoms with E-state index in [9.17, 15) is 0 Å². The lowest BCUT2D eigenvalue weighted by atomic mass is 10.1. The van der Waals surface area contributed by atoms with E-state index in [4.69, 9.17) is 21.1 Å². The van der Waals surface area contributed by atoms with Crippen LogP contribution in [0.1, 0.15) is 24.7 Å². The molecule has 3 heterocycles. The predicted molar refractivity (Wildman–Crippen MR) is 75.4 cm³/mol. The number of alkyl halides is 1. The summed E-state index contributed by atoms with van der Waals surface area (Å²) in [7, 11) is 1.59. The molecule has 1 aliphatic rings. The van der Waals surface area contributed by atoms with Crippen molar-refractivity contribution in [3.05, 3.63) is 12.2 Å². The first kappa shape index (κ1) is 13.6. The molecule has 2 aromatic heterocycles. The highest BCUT2D eigenvalue weighted by Gasteiger charge is 2.24. The maximum Gasteiger partial charge on any atom is 0.245 e. The molecule has 1 atom stereocenters. The third-order valence-corrected chi connectivity index (χ3v) is 3.72. The largest absolute Gasteiger partial charge is 0.479 e. The minimum absolute atomic E-state index is 0.256. The van der Waals surface area contributed by atoms with Gasteiger partial charge in [0.2, 0.25) is 5.88 Å². The fraction of sp³-hybridized carbons (Fsp3) is 0.615. The van der Waals surface area contributed by atoms with Crippen molar-refractivity contribution in [3.63, 3.8) is 0 Å². The van der Waals surface area contributed by atoms with Crippen LogP contribution < -0.4 is 4.74 Å². The molecule has 20 heavy (non-hydrogen) atoms. The molecule has 0 spiro atoms. The highest BCUT2D eigenvalue weighted by molar-refractivity contribution is 6.17. The number of methoxy groups -OCH3 is 1. The molecular formula is C13H17ClN4O2. The molecule has 0 N–H and O–H groups in total. The van der Waals surface area contributed by atoms with E-state index < -0.39 is 0 Å². The van der Waals surface area contributed by atoms with Crippen LogP contribution in [0.2, 0.25) is 0 Å². The first-order valence-corrected chi connectivity index (χ1v) is 7.28. The predicted octanol–water partition coefficient (Wildman–Crippen LogP) is 1.97. The summed E-state index contributed by atoms with van der Waals surface area (Å²) < 4.78 is 13.0. The second kappa shape index (κ2) is 5.93. The van der Waals surface area contributed by atoms with E-state index in [1.54, 1.807) is 7.11 Å². The Morgan fingerprint density at radius 2 is 2.40 bits per heavy atom. The van der Waals surface area contributed by atoms with Gasteiger partial charge in [-0.15, -0.1) is 11.6 Å². The van der Waals surface area contributed by atoms with Gasteiger partial charge in [0.15, 0.2) is 11.2 Å². The van der Waals surface area contributed by atoms with Crippen LogP contribution >= 0.6 is 11.6 Å². The number of ether oxygens (including phenoxy) is 2. The van der Waals surface area contributed by atoms with Crippen molar-refractivity contribution in [2.75, 3.05) is 26.2 Å². The summed E-state index contributed by atoms with van der Waals surface area (Å²) in [6.07, 6.45) is 4.31. The van der Waals surface area contributed by atoms with Gasteiger partial charge in [-0.3, -0.25) is 0 Å². The number of hydrogen-bond acceptors (Lipinski definition) is 5. The highest BCUT2D eigenvalue weighted by Crippen LogP contribution is 2.29. The molecule has 1 aliphatic heterocycles. The van der Waals surface area contributed by atoms with E-state index >= 15 is 0 Å².